The standard InChI is InChI=1S/C11H15N3O2S/c1-13(8-5-6-17-7-8)10-4-2-3-9(12)11(10)14(15)16/h2-4,8H,5-7,12H2,1H3. The van der Waals surface area contributed by atoms with Crippen molar-refractivity contribution in [2.45, 2.75) is 12.5 Å². The molecule has 1 atom stereocenters. The van der Waals surface area contributed by atoms with E-state index in [9.17, 15) is 10.1 Å². The number of thioether (sulfide) groups is 1. The first-order chi connectivity index (χ1) is 8.11. The Balaban J connectivity index is 2.36. The summed E-state index contributed by atoms with van der Waals surface area (Å²) in [5.74, 6) is 2.13. The quantitative estimate of drug-likeness (QED) is 0.507. The van der Waals surface area contributed by atoms with Crippen LogP contribution >= 0.6 is 11.8 Å². The number of hydrogen-bond donors (Lipinski definition) is 1. The lowest BCUT2D eigenvalue weighted by atomic mass is 10.1. The molecule has 1 heterocycles. The van der Waals surface area contributed by atoms with Gasteiger partial charge in [-0.2, -0.15) is 11.8 Å². The van der Waals surface area contributed by atoms with E-state index in [1.54, 1.807) is 18.2 Å². The first-order valence-electron chi connectivity index (χ1n) is 5.44. The first-order valence-corrected chi connectivity index (χ1v) is 6.60. The highest BCUT2D eigenvalue weighted by molar-refractivity contribution is 7.99. The van der Waals surface area contributed by atoms with Gasteiger partial charge in [-0.05, 0) is 24.3 Å². The van der Waals surface area contributed by atoms with Gasteiger partial charge in [0.25, 0.3) is 0 Å². The largest absolute Gasteiger partial charge is 0.393 e. The monoisotopic (exact) mass is 253 g/mol. The minimum atomic E-state index is -0.400. The van der Waals surface area contributed by atoms with Crippen molar-refractivity contribution in [1.29, 1.82) is 0 Å². The molecule has 2 rings (SSSR count). The van der Waals surface area contributed by atoms with Crippen LogP contribution in [0.3, 0.4) is 0 Å². The minimum Gasteiger partial charge on any atom is -0.393 e. The molecule has 0 amide bonds. The lowest BCUT2D eigenvalue weighted by Gasteiger charge is -2.25. The molecule has 0 radical (unpaired) electrons. The van der Waals surface area contributed by atoms with E-state index in [1.165, 1.54) is 0 Å². The Morgan fingerprint density at radius 2 is 2.35 bits per heavy atom. The highest BCUT2D eigenvalue weighted by atomic mass is 32.2. The van der Waals surface area contributed by atoms with Crippen molar-refractivity contribution < 1.29 is 4.92 Å². The second kappa shape index (κ2) is 4.83. The molecule has 1 aromatic carbocycles. The van der Waals surface area contributed by atoms with Crippen molar-refractivity contribution in [3.8, 4) is 0 Å². The van der Waals surface area contributed by atoms with Crippen molar-refractivity contribution in [2.24, 2.45) is 0 Å². The summed E-state index contributed by atoms with van der Waals surface area (Å²) in [7, 11) is 1.90. The molecule has 1 saturated heterocycles. The van der Waals surface area contributed by atoms with Crippen LogP contribution in [-0.2, 0) is 0 Å². The van der Waals surface area contributed by atoms with Crippen LogP contribution in [0.2, 0.25) is 0 Å². The number of nitrogen functional groups attached to an aromatic ring is 1. The zero-order chi connectivity index (χ0) is 12.4. The number of hydrogen-bond acceptors (Lipinski definition) is 5. The Bertz CT molecular complexity index is 433. The molecular weight excluding hydrogens is 238 g/mol. The lowest BCUT2D eigenvalue weighted by molar-refractivity contribution is -0.383. The van der Waals surface area contributed by atoms with E-state index < -0.39 is 4.92 Å². The van der Waals surface area contributed by atoms with Gasteiger partial charge in [0.1, 0.15) is 11.4 Å². The zero-order valence-electron chi connectivity index (χ0n) is 9.63. The summed E-state index contributed by atoms with van der Waals surface area (Å²) in [6.07, 6.45) is 1.06. The summed E-state index contributed by atoms with van der Waals surface area (Å²) in [5.41, 5.74) is 6.55. The summed E-state index contributed by atoms with van der Waals surface area (Å²) in [6.45, 7) is 0. The van der Waals surface area contributed by atoms with Crippen LogP contribution in [-0.4, -0.2) is 29.5 Å². The number of anilines is 2. The Morgan fingerprint density at radius 1 is 1.59 bits per heavy atom. The third kappa shape index (κ3) is 2.31. The summed E-state index contributed by atoms with van der Waals surface area (Å²) in [5, 5.41) is 11.1. The van der Waals surface area contributed by atoms with Gasteiger partial charge in [0, 0.05) is 18.8 Å². The predicted octanol–water partition coefficient (Wildman–Crippen LogP) is 2.12. The maximum absolute atomic E-state index is 11.1. The van der Waals surface area contributed by atoms with Crippen molar-refractivity contribution in [3.63, 3.8) is 0 Å². The molecule has 0 saturated carbocycles. The highest BCUT2D eigenvalue weighted by Gasteiger charge is 2.27. The molecule has 2 N–H and O–H groups in total. The molecule has 17 heavy (non-hydrogen) atoms. The number of nitro groups is 1. The van der Waals surface area contributed by atoms with Gasteiger partial charge in [0.05, 0.1) is 4.92 Å². The van der Waals surface area contributed by atoms with Gasteiger partial charge in [0.15, 0.2) is 0 Å². The molecule has 1 fully saturated rings. The summed E-state index contributed by atoms with van der Waals surface area (Å²) >= 11 is 1.88. The van der Waals surface area contributed by atoms with Crippen LogP contribution < -0.4 is 10.6 Å². The smallest absolute Gasteiger partial charge is 0.315 e. The maximum Gasteiger partial charge on any atom is 0.315 e. The van der Waals surface area contributed by atoms with Crippen molar-refractivity contribution in [2.75, 3.05) is 29.2 Å². The molecule has 0 aliphatic carbocycles. The number of nitrogens with two attached hydrogens (primary N) is 1. The Morgan fingerprint density at radius 3 is 2.94 bits per heavy atom. The van der Waals surface area contributed by atoms with Crippen molar-refractivity contribution in [3.05, 3.63) is 28.3 Å². The SMILES string of the molecule is CN(c1cccc(N)c1[N+](=O)[O-])C1CCSC1. The second-order valence-corrected chi connectivity index (χ2v) is 5.25. The van der Waals surface area contributed by atoms with Gasteiger partial charge in [-0.3, -0.25) is 10.1 Å². The van der Waals surface area contributed by atoms with E-state index in [4.69, 9.17) is 5.73 Å². The minimum absolute atomic E-state index is 0.0203. The van der Waals surface area contributed by atoms with Crippen LogP contribution in [0.1, 0.15) is 6.42 Å². The van der Waals surface area contributed by atoms with E-state index >= 15 is 0 Å². The molecular formula is C11H15N3O2S. The molecule has 1 unspecified atom stereocenters. The van der Waals surface area contributed by atoms with Gasteiger partial charge in [-0.1, -0.05) is 6.07 Å². The number of benzene rings is 1. The second-order valence-electron chi connectivity index (χ2n) is 4.10. The zero-order valence-corrected chi connectivity index (χ0v) is 10.4. The van der Waals surface area contributed by atoms with E-state index in [-0.39, 0.29) is 11.4 Å². The van der Waals surface area contributed by atoms with Gasteiger partial charge >= 0.3 is 5.69 Å². The number of nitro benzene ring substituents is 1. The molecule has 92 valence electrons. The molecule has 0 aromatic heterocycles. The van der Waals surface area contributed by atoms with Crippen molar-refractivity contribution in [1.82, 2.24) is 0 Å². The predicted molar refractivity (Wildman–Crippen MR) is 71.6 cm³/mol. The first kappa shape index (κ1) is 12.0. The molecule has 1 aromatic rings. The Labute approximate surface area is 104 Å². The average Bonchev–Trinajstić information content (AvgIpc) is 2.80. The molecule has 0 bridgehead atoms. The summed E-state index contributed by atoms with van der Waals surface area (Å²) in [4.78, 5) is 12.6. The fourth-order valence-corrected chi connectivity index (χ4v) is 3.32. The van der Waals surface area contributed by atoms with Crippen LogP contribution in [0.25, 0.3) is 0 Å². The lowest BCUT2D eigenvalue weighted by Crippen LogP contribution is -2.31. The van der Waals surface area contributed by atoms with Gasteiger partial charge in [-0.15, -0.1) is 0 Å². The average molecular weight is 253 g/mol. The van der Waals surface area contributed by atoms with Crippen LogP contribution in [0.4, 0.5) is 17.1 Å². The number of para-hydroxylation sites is 1. The number of rotatable bonds is 3. The molecule has 1 aliphatic heterocycles. The topological polar surface area (TPSA) is 72.4 Å². The number of nitrogens with zero attached hydrogens (tertiary/aromatic N) is 2. The van der Waals surface area contributed by atoms with Crippen LogP contribution in [0.15, 0.2) is 18.2 Å². The van der Waals surface area contributed by atoms with Gasteiger partial charge in [0.2, 0.25) is 0 Å². The van der Waals surface area contributed by atoms with E-state index in [1.807, 2.05) is 23.7 Å². The van der Waals surface area contributed by atoms with E-state index in [0.717, 1.165) is 17.9 Å². The summed E-state index contributed by atoms with van der Waals surface area (Å²) < 4.78 is 0. The fraction of sp³-hybridized carbons (Fsp3) is 0.455. The van der Waals surface area contributed by atoms with Gasteiger partial charge < -0.3 is 10.6 Å². The third-order valence-electron chi connectivity index (χ3n) is 3.06. The Hall–Kier alpha value is -1.43. The third-order valence-corrected chi connectivity index (χ3v) is 4.21. The van der Waals surface area contributed by atoms with Crippen LogP contribution in [0, 0.1) is 10.1 Å². The molecule has 0 spiro atoms. The fourth-order valence-electron chi connectivity index (χ4n) is 2.06. The van der Waals surface area contributed by atoms with Crippen LogP contribution in [0.5, 0.6) is 0 Å². The highest BCUT2D eigenvalue weighted by Crippen LogP contribution is 2.36. The van der Waals surface area contributed by atoms with E-state index in [2.05, 4.69) is 0 Å². The van der Waals surface area contributed by atoms with E-state index in [0.29, 0.717) is 11.7 Å². The Kier molecular flexibility index (Phi) is 3.42. The normalized spacial score (nSPS) is 19.2. The van der Waals surface area contributed by atoms with Gasteiger partial charge in [-0.25, -0.2) is 0 Å². The summed E-state index contributed by atoms with van der Waals surface area (Å²) in [6, 6.07) is 5.45. The molecule has 6 heteroatoms. The molecule has 1 aliphatic rings. The molecule has 5 nitrogen and oxygen atoms in total. The van der Waals surface area contributed by atoms with Crippen molar-refractivity contribution >= 4 is 28.8 Å². The maximum atomic E-state index is 11.1.